The summed E-state index contributed by atoms with van der Waals surface area (Å²) >= 11 is 0. The highest BCUT2D eigenvalue weighted by molar-refractivity contribution is 5.80. The van der Waals surface area contributed by atoms with Crippen molar-refractivity contribution >= 4 is 5.91 Å². The summed E-state index contributed by atoms with van der Waals surface area (Å²) in [5.41, 5.74) is 1.14. The third kappa shape index (κ3) is 4.32. The van der Waals surface area contributed by atoms with E-state index in [1.807, 2.05) is 18.2 Å². The Morgan fingerprint density at radius 1 is 1.36 bits per heavy atom. The van der Waals surface area contributed by atoms with Gasteiger partial charge in [-0.1, -0.05) is 30.9 Å². The number of hydrogen-bond acceptors (Lipinski definition) is 4. The number of benzene rings is 1. The molecule has 1 fully saturated rings. The van der Waals surface area contributed by atoms with E-state index in [1.54, 1.807) is 11.0 Å². The van der Waals surface area contributed by atoms with Crippen LogP contribution in [-0.2, 0) is 11.3 Å². The van der Waals surface area contributed by atoms with Gasteiger partial charge in [-0.2, -0.15) is 0 Å². The van der Waals surface area contributed by atoms with Gasteiger partial charge in [-0.15, -0.1) is 0 Å². The van der Waals surface area contributed by atoms with Crippen LogP contribution in [0.1, 0.15) is 12.5 Å². The van der Waals surface area contributed by atoms with Gasteiger partial charge in [0.2, 0.25) is 0 Å². The number of ether oxygens (including phenoxy) is 1. The van der Waals surface area contributed by atoms with Crippen LogP contribution in [0.3, 0.4) is 0 Å². The first kappa shape index (κ1) is 16.5. The zero-order valence-electron chi connectivity index (χ0n) is 13.1. The number of piperazine rings is 1. The van der Waals surface area contributed by atoms with Gasteiger partial charge in [-0.25, -0.2) is 0 Å². The fourth-order valence-electron chi connectivity index (χ4n) is 2.56. The highest BCUT2D eigenvalue weighted by Crippen LogP contribution is 2.20. The maximum Gasteiger partial charge on any atom is 0.251 e. The van der Waals surface area contributed by atoms with E-state index in [9.17, 15) is 9.90 Å². The standard InChI is InChI=1S/C17H24N2O3/c1-3-12-22-16-7-5-4-6-15(16)13-18-8-10-19(11-9-18)17(21)14(2)20/h3-7,14,20H,1,8-13H2,2H3. The SMILES string of the molecule is C=CCOc1ccccc1CN1CCN(C(=O)C(C)O)CC1. The molecule has 0 radical (unpaired) electrons. The van der Waals surface area contributed by atoms with Crippen LogP contribution in [0.15, 0.2) is 36.9 Å². The second-order valence-electron chi connectivity index (χ2n) is 5.48. The van der Waals surface area contributed by atoms with Crippen LogP contribution in [0.4, 0.5) is 0 Å². The number of aliphatic hydroxyl groups excluding tert-OH is 1. The number of para-hydroxylation sites is 1. The molecule has 1 aromatic carbocycles. The molecule has 5 heteroatoms. The van der Waals surface area contributed by atoms with Crippen molar-refractivity contribution in [2.45, 2.75) is 19.6 Å². The van der Waals surface area contributed by atoms with Crippen LogP contribution >= 0.6 is 0 Å². The quantitative estimate of drug-likeness (QED) is 0.804. The van der Waals surface area contributed by atoms with Crippen LogP contribution in [0.25, 0.3) is 0 Å². The number of carbonyl (C=O) groups excluding carboxylic acids is 1. The average Bonchev–Trinajstić information content (AvgIpc) is 2.54. The molecule has 0 aromatic heterocycles. The van der Waals surface area contributed by atoms with Gasteiger partial charge in [0.05, 0.1) is 0 Å². The second-order valence-corrected chi connectivity index (χ2v) is 5.48. The average molecular weight is 304 g/mol. The first-order valence-electron chi connectivity index (χ1n) is 7.62. The number of rotatable bonds is 6. The van der Waals surface area contributed by atoms with E-state index in [0.717, 1.165) is 30.9 Å². The van der Waals surface area contributed by atoms with Crippen molar-refractivity contribution in [3.05, 3.63) is 42.5 Å². The van der Waals surface area contributed by atoms with Gasteiger partial charge >= 0.3 is 0 Å². The first-order valence-corrected chi connectivity index (χ1v) is 7.62. The van der Waals surface area contributed by atoms with Crippen molar-refractivity contribution in [1.29, 1.82) is 0 Å². The molecule has 0 saturated carbocycles. The molecule has 2 rings (SSSR count). The van der Waals surface area contributed by atoms with Gasteiger partial charge in [0.1, 0.15) is 18.5 Å². The van der Waals surface area contributed by atoms with E-state index in [0.29, 0.717) is 19.7 Å². The van der Waals surface area contributed by atoms with Gasteiger partial charge in [-0.3, -0.25) is 9.69 Å². The van der Waals surface area contributed by atoms with Crippen molar-refractivity contribution in [2.75, 3.05) is 32.8 Å². The molecular formula is C17H24N2O3. The zero-order chi connectivity index (χ0) is 15.9. The van der Waals surface area contributed by atoms with E-state index in [2.05, 4.69) is 17.5 Å². The van der Waals surface area contributed by atoms with E-state index in [-0.39, 0.29) is 5.91 Å². The van der Waals surface area contributed by atoms with E-state index in [1.165, 1.54) is 6.92 Å². The molecule has 1 unspecified atom stereocenters. The molecule has 1 amide bonds. The largest absolute Gasteiger partial charge is 0.489 e. The smallest absolute Gasteiger partial charge is 0.251 e. The molecule has 0 aliphatic carbocycles. The van der Waals surface area contributed by atoms with Crippen LogP contribution in [-0.4, -0.2) is 59.7 Å². The first-order chi connectivity index (χ1) is 10.6. The molecule has 22 heavy (non-hydrogen) atoms. The molecule has 0 bridgehead atoms. The minimum Gasteiger partial charge on any atom is -0.489 e. The summed E-state index contributed by atoms with van der Waals surface area (Å²) in [5, 5.41) is 9.36. The number of hydrogen-bond donors (Lipinski definition) is 1. The predicted octanol–water partition coefficient (Wildman–Crippen LogP) is 1.28. The Morgan fingerprint density at radius 2 is 2.05 bits per heavy atom. The summed E-state index contributed by atoms with van der Waals surface area (Å²) in [6.07, 6.45) is 0.816. The maximum absolute atomic E-state index is 11.8. The molecule has 1 aliphatic heterocycles. The molecule has 1 heterocycles. The lowest BCUT2D eigenvalue weighted by molar-refractivity contribution is -0.141. The van der Waals surface area contributed by atoms with E-state index >= 15 is 0 Å². The predicted molar refractivity (Wildman–Crippen MR) is 85.7 cm³/mol. The third-order valence-electron chi connectivity index (χ3n) is 3.76. The van der Waals surface area contributed by atoms with Gasteiger partial charge in [0.25, 0.3) is 5.91 Å². The van der Waals surface area contributed by atoms with Crippen molar-refractivity contribution in [1.82, 2.24) is 9.80 Å². The van der Waals surface area contributed by atoms with Gasteiger partial charge in [0.15, 0.2) is 0 Å². The minimum atomic E-state index is -0.917. The summed E-state index contributed by atoms with van der Waals surface area (Å²) in [4.78, 5) is 15.8. The Balaban J connectivity index is 1.91. The van der Waals surface area contributed by atoms with E-state index in [4.69, 9.17) is 4.74 Å². The molecule has 1 aliphatic rings. The lowest BCUT2D eigenvalue weighted by atomic mass is 10.1. The molecular weight excluding hydrogens is 280 g/mol. The Labute approximate surface area is 131 Å². The van der Waals surface area contributed by atoms with Gasteiger partial charge in [0, 0.05) is 38.3 Å². The number of carbonyl (C=O) groups is 1. The molecule has 1 aromatic rings. The normalized spacial score (nSPS) is 17.1. The Bertz CT molecular complexity index is 508. The van der Waals surface area contributed by atoms with Crippen LogP contribution in [0.2, 0.25) is 0 Å². The molecule has 120 valence electrons. The van der Waals surface area contributed by atoms with Crippen molar-refractivity contribution < 1.29 is 14.6 Å². The maximum atomic E-state index is 11.8. The van der Waals surface area contributed by atoms with Crippen LogP contribution in [0.5, 0.6) is 5.75 Å². The number of amides is 1. The highest BCUT2D eigenvalue weighted by atomic mass is 16.5. The van der Waals surface area contributed by atoms with Crippen LogP contribution in [0, 0.1) is 0 Å². The summed E-state index contributed by atoms with van der Waals surface area (Å²) < 4.78 is 5.68. The molecule has 1 N–H and O–H groups in total. The highest BCUT2D eigenvalue weighted by Gasteiger charge is 2.24. The monoisotopic (exact) mass is 304 g/mol. The fraction of sp³-hybridized carbons (Fsp3) is 0.471. The zero-order valence-corrected chi connectivity index (χ0v) is 13.1. The lowest BCUT2D eigenvalue weighted by Crippen LogP contribution is -2.50. The topological polar surface area (TPSA) is 53.0 Å². The fourth-order valence-corrected chi connectivity index (χ4v) is 2.56. The molecule has 1 atom stereocenters. The number of nitrogens with zero attached hydrogens (tertiary/aromatic N) is 2. The molecule has 5 nitrogen and oxygen atoms in total. The van der Waals surface area contributed by atoms with Crippen LogP contribution < -0.4 is 4.74 Å². The Morgan fingerprint density at radius 3 is 2.68 bits per heavy atom. The van der Waals surface area contributed by atoms with Crippen molar-refractivity contribution in [3.63, 3.8) is 0 Å². The Hall–Kier alpha value is -1.85. The van der Waals surface area contributed by atoms with E-state index < -0.39 is 6.10 Å². The van der Waals surface area contributed by atoms with Gasteiger partial charge < -0.3 is 14.7 Å². The Kier molecular flexibility index (Phi) is 5.98. The van der Waals surface area contributed by atoms with Crippen molar-refractivity contribution in [2.24, 2.45) is 0 Å². The lowest BCUT2D eigenvalue weighted by Gasteiger charge is -2.35. The second kappa shape index (κ2) is 7.96. The summed E-state index contributed by atoms with van der Waals surface area (Å²) in [6.45, 7) is 9.38. The molecule has 0 spiro atoms. The summed E-state index contributed by atoms with van der Waals surface area (Å²) in [6, 6.07) is 7.99. The van der Waals surface area contributed by atoms with Crippen molar-refractivity contribution in [3.8, 4) is 5.75 Å². The summed E-state index contributed by atoms with van der Waals surface area (Å²) in [5.74, 6) is 0.694. The third-order valence-corrected chi connectivity index (χ3v) is 3.76. The number of aliphatic hydroxyl groups is 1. The summed E-state index contributed by atoms with van der Waals surface area (Å²) in [7, 11) is 0. The minimum absolute atomic E-state index is 0.186. The molecule has 1 saturated heterocycles. The van der Waals surface area contributed by atoms with Gasteiger partial charge in [-0.05, 0) is 13.0 Å².